The average molecular weight is 481 g/mol. The predicted octanol–water partition coefficient (Wildman–Crippen LogP) is 6.74. The lowest BCUT2D eigenvalue weighted by molar-refractivity contribution is -1.27. The van der Waals surface area contributed by atoms with Crippen molar-refractivity contribution in [2.24, 2.45) is 0 Å². The quantitative estimate of drug-likeness (QED) is 0.298. The molecule has 0 aliphatic carbocycles. The number of rotatable bonds is 9. The third-order valence-corrected chi connectivity index (χ3v) is 7.39. The van der Waals surface area contributed by atoms with E-state index in [0.29, 0.717) is 0 Å². The van der Waals surface area contributed by atoms with Crippen LogP contribution < -0.4 is 0 Å². The molecule has 3 nitrogen and oxygen atoms in total. The van der Waals surface area contributed by atoms with Crippen LogP contribution in [0, 0.1) is 0 Å². The van der Waals surface area contributed by atoms with E-state index in [1.165, 1.54) is 33.4 Å². The normalized spacial score (nSPS) is 25.8. The Morgan fingerprint density at radius 3 is 0.889 bits per heavy atom. The first-order valence-corrected chi connectivity index (χ1v) is 12.8. The largest absolute Gasteiger partial charge is 0.230 e. The molecule has 4 rings (SSSR count). The van der Waals surface area contributed by atoms with Crippen molar-refractivity contribution in [3.05, 3.63) is 126 Å². The Balaban J connectivity index is 1.64. The van der Waals surface area contributed by atoms with Gasteiger partial charge in [0.1, 0.15) is 19.6 Å². The highest BCUT2D eigenvalue weighted by Crippen LogP contribution is 2.31. The Kier molecular flexibility index (Phi) is 7.46. The average Bonchev–Trinajstić information content (AvgIpc) is 2.84. The second-order valence-electron chi connectivity index (χ2n) is 11.6. The fourth-order valence-electron chi connectivity index (χ4n) is 6.51. The molecular weight excluding hydrogens is 438 g/mol. The summed E-state index contributed by atoms with van der Waals surface area (Å²) in [7, 11) is 7.32. The summed E-state index contributed by atoms with van der Waals surface area (Å²) in [6.45, 7) is 18.1. The van der Waals surface area contributed by atoms with Gasteiger partial charge in [-0.25, -0.2) is 13.4 Å². The van der Waals surface area contributed by atoms with Gasteiger partial charge in [0.25, 0.3) is 0 Å². The number of benzene rings is 3. The maximum absolute atomic E-state index is 3.91. The lowest BCUT2D eigenvalue weighted by Gasteiger charge is -2.53. The van der Waals surface area contributed by atoms with Crippen LogP contribution in [-0.2, 0) is 19.6 Å². The van der Waals surface area contributed by atoms with Crippen molar-refractivity contribution in [3.63, 3.8) is 0 Å². The first-order valence-electron chi connectivity index (χ1n) is 12.8. The second kappa shape index (κ2) is 10.4. The van der Waals surface area contributed by atoms with E-state index in [9.17, 15) is 0 Å². The molecule has 1 saturated heterocycles. The number of hydrogen-bond acceptors (Lipinski definition) is 0. The molecule has 0 spiro atoms. The summed E-state index contributed by atoms with van der Waals surface area (Å²) >= 11 is 0. The Hall–Kier alpha value is -3.24. The summed E-state index contributed by atoms with van der Waals surface area (Å²) in [6.07, 6.45) is 5.74. The molecular formula is C33H42N3+3. The molecule has 3 aromatic carbocycles. The molecule has 3 heteroatoms. The first-order chi connectivity index (χ1) is 17.2. The van der Waals surface area contributed by atoms with Gasteiger partial charge in [0.05, 0.1) is 21.1 Å². The highest BCUT2D eigenvalue weighted by molar-refractivity contribution is 5.48. The monoisotopic (exact) mass is 480 g/mol. The van der Waals surface area contributed by atoms with Crippen LogP contribution in [0.4, 0.5) is 0 Å². The number of hydrogen-bond donors (Lipinski definition) is 0. The Bertz CT molecular complexity index is 1040. The van der Waals surface area contributed by atoms with E-state index in [0.717, 1.165) is 53.1 Å². The minimum Gasteiger partial charge on any atom is -0.230 e. The van der Waals surface area contributed by atoms with E-state index in [2.05, 4.69) is 114 Å². The van der Waals surface area contributed by atoms with Crippen LogP contribution >= 0.6 is 0 Å². The van der Waals surface area contributed by atoms with Gasteiger partial charge >= 0.3 is 0 Å². The summed E-state index contributed by atoms with van der Waals surface area (Å²) in [5.41, 5.74) is 7.67. The molecule has 0 atom stereocenters. The van der Waals surface area contributed by atoms with E-state index >= 15 is 0 Å². The van der Waals surface area contributed by atoms with Crippen molar-refractivity contribution in [3.8, 4) is 0 Å². The molecule has 1 aliphatic heterocycles. The van der Waals surface area contributed by atoms with Crippen LogP contribution in [0.25, 0.3) is 18.2 Å². The second-order valence-corrected chi connectivity index (χ2v) is 11.6. The number of quaternary nitrogens is 3. The molecule has 0 bridgehead atoms. The zero-order valence-corrected chi connectivity index (χ0v) is 22.4. The minimum absolute atomic E-state index is 0.996. The Morgan fingerprint density at radius 1 is 0.472 bits per heavy atom. The van der Waals surface area contributed by atoms with Gasteiger partial charge in [-0.3, -0.25) is 0 Å². The highest BCUT2D eigenvalue weighted by atomic mass is 15.7. The zero-order valence-electron chi connectivity index (χ0n) is 22.4. The van der Waals surface area contributed by atoms with Crippen LogP contribution in [0.3, 0.4) is 0 Å². The van der Waals surface area contributed by atoms with Crippen LogP contribution in [0.15, 0.2) is 92.5 Å². The van der Waals surface area contributed by atoms with E-state index in [1.54, 1.807) is 0 Å². The topological polar surface area (TPSA) is 0 Å². The van der Waals surface area contributed by atoms with Crippen LogP contribution in [0.1, 0.15) is 33.4 Å². The van der Waals surface area contributed by atoms with Crippen LogP contribution in [0.2, 0.25) is 0 Å². The molecule has 1 fully saturated rings. The summed E-state index contributed by atoms with van der Waals surface area (Å²) in [6, 6.07) is 26.7. The van der Waals surface area contributed by atoms with Gasteiger partial charge in [-0.15, -0.1) is 0 Å². The lowest BCUT2D eigenvalue weighted by atomic mass is 10.1. The van der Waals surface area contributed by atoms with Gasteiger partial charge in [-0.2, -0.15) is 0 Å². The smallest absolute Gasteiger partial charge is 0.216 e. The van der Waals surface area contributed by atoms with Gasteiger partial charge in [-0.1, -0.05) is 111 Å². The summed E-state index contributed by atoms with van der Waals surface area (Å²) in [5.74, 6) is 0. The van der Waals surface area contributed by atoms with Crippen LogP contribution in [-0.4, -0.2) is 54.6 Å². The number of nitrogens with zero attached hydrogens (tertiary/aromatic N) is 3. The van der Waals surface area contributed by atoms with E-state index in [4.69, 9.17) is 0 Å². The van der Waals surface area contributed by atoms with Crippen LogP contribution in [0.5, 0.6) is 0 Å². The van der Waals surface area contributed by atoms with Gasteiger partial charge in [-0.05, 0) is 16.7 Å². The fraction of sp³-hybridized carbons (Fsp3) is 0.273. The van der Waals surface area contributed by atoms with Gasteiger partial charge in [0.2, 0.25) is 20.0 Å². The maximum Gasteiger partial charge on any atom is 0.216 e. The molecule has 0 radical (unpaired) electrons. The molecule has 186 valence electrons. The molecule has 0 unspecified atom stereocenters. The molecule has 1 heterocycles. The molecule has 0 saturated carbocycles. The SMILES string of the molecule is C=Cc1ccc(C[N+]2(C)C[N+](C)(Cc3ccc(C=C)cc3)C[N+](C)(Cc3ccc(C=C)cc3)C2)cc1. The summed E-state index contributed by atoms with van der Waals surface area (Å²) in [4.78, 5) is 0. The van der Waals surface area contributed by atoms with E-state index < -0.39 is 0 Å². The summed E-state index contributed by atoms with van der Waals surface area (Å²) in [5, 5.41) is 0. The van der Waals surface area contributed by atoms with Gasteiger partial charge in [0.15, 0.2) is 0 Å². The molecule has 0 amide bonds. The molecule has 0 N–H and O–H groups in total. The zero-order chi connectivity index (χ0) is 25.8. The predicted molar refractivity (Wildman–Crippen MR) is 154 cm³/mol. The van der Waals surface area contributed by atoms with Crippen molar-refractivity contribution in [1.29, 1.82) is 0 Å². The van der Waals surface area contributed by atoms with Crippen molar-refractivity contribution in [2.45, 2.75) is 19.6 Å². The van der Waals surface area contributed by atoms with Gasteiger partial charge in [0, 0.05) is 16.7 Å². The van der Waals surface area contributed by atoms with Crippen molar-refractivity contribution < 1.29 is 13.4 Å². The van der Waals surface area contributed by atoms with Gasteiger partial charge < -0.3 is 0 Å². The maximum atomic E-state index is 3.91. The van der Waals surface area contributed by atoms with E-state index in [-0.39, 0.29) is 0 Å². The fourth-order valence-corrected chi connectivity index (χ4v) is 6.51. The third-order valence-electron chi connectivity index (χ3n) is 7.39. The van der Waals surface area contributed by atoms with Crippen molar-refractivity contribution in [1.82, 2.24) is 0 Å². The first kappa shape index (κ1) is 25.8. The standard InChI is InChI=1S/C33H42N3/c1-7-28-10-16-31(17-11-28)22-34(4)25-35(5,23-32-18-12-29(8-2)13-19-32)27-36(6,26-34)24-33-20-14-30(9-3)15-21-33/h7-21H,1-3,22-27H2,4-6H3/q+3. The Labute approximate surface area is 218 Å². The lowest BCUT2D eigenvalue weighted by Crippen LogP contribution is -2.74. The summed E-state index contributed by atoms with van der Waals surface area (Å²) < 4.78 is 2.99. The molecule has 36 heavy (non-hydrogen) atoms. The minimum atomic E-state index is 0.996. The van der Waals surface area contributed by atoms with E-state index in [1.807, 2.05) is 18.2 Å². The molecule has 3 aromatic rings. The van der Waals surface area contributed by atoms with Crippen molar-refractivity contribution >= 4 is 18.2 Å². The Morgan fingerprint density at radius 2 is 0.694 bits per heavy atom. The third kappa shape index (κ3) is 6.30. The van der Waals surface area contributed by atoms with Crippen molar-refractivity contribution in [2.75, 3.05) is 41.1 Å². The molecule has 1 aliphatic rings. The molecule has 0 aromatic heterocycles. The highest BCUT2D eigenvalue weighted by Gasteiger charge is 2.50.